The van der Waals surface area contributed by atoms with Crippen molar-refractivity contribution in [2.24, 2.45) is 5.92 Å². The molecule has 0 spiro atoms. The van der Waals surface area contributed by atoms with Crippen molar-refractivity contribution in [1.82, 2.24) is 25.4 Å². The number of carbonyl (C=O) groups excluding carboxylic acids is 3. The van der Waals surface area contributed by atoms with E-state index < -0.39 is 6.04 Å². The Balaban J connectivity index is 1.51. The smallest absolute Gasteiger partial charge is 0.242 e. The predicted molar refractivity (Wildman–Crippen MR) is 107 cm³/mol. The first-order valence-electron chi connectivity index (χ1n) is 10.4. The summed E-state index contributed by atoms with van der Waals surface area (Å²) >= 11 is 0. The maximum absolute atomic E-state index is 13.3. The third-order valence-electron chi connectivity index (χ3n) is 6.16. The van der Waals surface area contributed by atoms with E-state index in [1.807, 2.05) is 24.0 Å². The van der Waals surface area contributed by atoms with Crippen molar-refractivity contribution in [2.75, 3.05) is 19.6 Å². The van der Waals surface area contributed by atoms with Crippen LogP contribution in [-0.4, -0.2) is 70.3 Å². The Morgan fingerprint density at radius 3 is 2.76 bits per heavy atom. The largest absolute Gasteiger partial charge is 0.354 e. The minimum Gasteiger partial charge on any atom is -0.354 e. The number of nitrogens with one attached hydrogen (secondary N) is 2. The van der Waals surface area contributed by atoms with Crippen molar-refractivity contribution >= 4 is 17.7 Å². The molecule has 0 aromatic carbocycles. The molecule has 3 fully saturated rings. The fraction of sp³-hybridized carbons (Fsp3) is 0.619. The van der Waals surface area contributed by atoms with Gasteiger partial charge in [0.15, 0.2) is 0 Å². The maximum atomic E-state index is 13.3. The molecule has 3 heterocycles. The van der Waals surface area contributed by atoms with E-state index in [9.17, 15) is 14.4 Å². The highest BCUT2D eigenvalue weighted by Gasteiger charge is 2.46. The van der Waals surface area contributed by atoms with Crippen LogP contribution in [0.5, 0.6) is 0 Å². The van der Waals surface area contributed by atoms with Gasteiger partial charge in [-0.1, -0.05) is 6.07 Å². The second-order valence-corrected chi connectivity index (χ2v) is 8.51. The van der Waals surface area contributed by atoms with Crippen LogP contribution < -0.4 is 10.6 Å². The van der Waals surface area contributed by atoms with Crippen LogP contribution in [0.15, 0.2) is 18.3 Å². The minimum atomic E-state index is -0.411. The monoisotopic (exact) mass is 399 g/mol. The molecule has 0 unspecified atom stereocenters. The zero-order valence-electron chi connectivity index (χ0n) is 17.1. The lowest BCUT2D eigenvalue weighted by molar-refractivity contribution is -0.144. The number of aryl methyl sites for hydroxylation is 1. The minimum absolute atomic E-state index is 0.0142. The van der Waals surface area contributed by atoms with Gasteiger partial charge < -0.3 is 15.5 Å². The number of pyridine rings is 1. The second-order valence-electron chi connectivity index (χ2n) is 8.51. The Hall–Kier alpha value is -2.48. The molecule has 2 saturated heterocycles. The second kappa shape index (κ2) is 8.10. The van der Waals surface area contributed by atoms with Crippen LogP contribution in [0.4, 0.5) is 0 Å². The van der Waals surface area contributed by atoms with E-state index in [-0.39, 0.29) is 35.7 Å². The van der Waals surface area contributed by atoms with Crippen molar-refractivity contribution in [1.29, 1.82) is 0 Å². The van der Waals surface area contributed by atoms with Gasteiger partial charge in [0.1, 0.15) is 6.04 Å². The molecule has 1 aromatic heterocycles. The van der Waals surface area contributed by atoms with Gasteiger partial charge in [-0.2, -0.15) is 0 Å². The van der Waals surface area contributed by atoms with Gasteiger partial charge in [0.05, 0.1) is 5.69 Å². The van der Waals surface area contributed by atoms with Crippen LogP contribution in [0.2, 0.25) is 0 Å². The van der Waals surface area contributed by atoms with E-state index >= 15 is 0 Å². The Kier molecular flexibility index (Phi) is 5.54. The van der Waals surface area contributed by atoms with Crippen LogP contribution in [0.25, 0.3) is 0 Å². The van der Waals surface area contributed by atoms with Crippen LogP contribution >= 0.6 is 0 Å². The molecule has 3 atom stereocenters. The third-order valence-corrected chi connectivity index (χ3v) is 6.16. The Morgan fingerprint density at radius 1 is 1.28 bits per heavy atom. The lowest BCUT2D eigenvalue weighted by Gasteiger charge is -2.42. The summed E-state index contributed by atoms with van der Waals surface area (Å²) in [6, 6.07) is 3.57. The molecule has 1 aliphatic carbocycles. The molecular formula is C21H29N5O3. The van der Waals surface area contributed by atoms with Crippen molar-refractivity contribution in [3.63, 3.8) is 0 Å². The van der Waals surface area contributed by atoms with Gasteiger partial charge in [-0.25, -0.2) is 0 Å². The van der Waals surface area contributed by atoms with E-state index in [0.29, 0.717) is 26.2 Å². The molecule has 0 radical (unpaired) electrons. The molecule has 8 nitrogen and oxygen atoms in total. The number of amides is 3. The normalized spacial score (nSPS) is 26.9. The zero-order chi connectivity index (χ0) is 20.5. The highest BCUT2D eigenvalue weighted by Crippen LogP contribution is 2.30. The number of carbonyl (C=O) groups is 3. The standard InChI is InChI=1S/C21H29N5O3/c1-13-4-3-7-22-18(13)12-25-11-17-8-16(24-14(2)27)10-26(17)21(29)19(25)9-23-20(28)15-5-6-15/h3-4,7,15-17,19H,5-6,8-12H2,1-2H3,(H,23,28)(H,24,27)/t16-,17-,19-/m0/s1. The summed E-state index contributed by atoms with van der Waals surface area (Å²) in [4.78, 5) is 45.5. The van der Waals surface area contributed by atoms with Gasteiger partial charge in [-0.05, 0) is 37.8 Å². The summed E-state index contributed by atoms with van der Waals surface area (Å²) in [5, 5.41) is 5.93. The van der Waals surface area contributed by atoms with E-state index in [1.165, 1.54) is 6.92 Å². The van der Waals surface area contributed by atoms with E-state index in [0.717, 1.165) is 30.5 Å². The molecule has 1 saturated carbocycles. The summed E-state index contributed by atoms with van der Waals surface area (Å²) < 4.78 is 0. The summed E-state index contributed by atoms with van der Waals surface area (Å²) in [6.07, 6.45) is 4.40. The van der Waals surface area contributed by atoms with Crippen LogP contribution in [0.3, 0.4) is 0 Å². The molecule has 2 N–H and O–H groups in total. The van der Waals surface area contributed by atoms with Gasteiger partial charge in [-0.15, -0.1) is 0 Å². The zero-order valence-corrected chi connectivity index (χ0v) is 17.1. The number of fused-ring (bicyclic) bond motifs is 1. The highest BCUT2D eigenvalue weighted by molar-refractivity contribution is 5.86. The highest BCUT2D eigenvalue weighted by atomic mass is 16.2. The molecule has 2 aliphatic heterocycles. The number of hydrogen-bond acceptors (Lipinski definition) is 5. The third kappa shape index (κ3) is 4.42. The summed E-state index contributed by atoms with van der Waals surface area (Å²) in [6.45, 7) is 5.65. The van der Waals surface area contributed by atoms with Gasteiger partial charge in [-0.3, -0.25) is 24.3 Å². The van der Waals surface area contributed by atoms with Gasteiger partial charge >= 0.3 is 0 Å². The first-order chi connectivity index (χ1) is 13.9. The molecule has 1 aromatic rings. The summed E-state index contributed by atoms with van der Waals surface area (Å²) in [5.74, 6) is 0.116. The number of aromatic nitrogens is 1. The lowest BCUT2D eigenvalue weighted by atomic mass is 10.0. The van der Waals surface area contributed by atoms with Gasteiger partial charge in [0, 0.05) is 57.3 Å². The average Bonchev–Trinajstić information content (AvgIpc) is 3.44. The molecule has 156 valence electrons. The summed E-state index contributed by atoms with van der Waals surface area (Å²) in [5.41, 5.74) is 2.04. The predicted octanol–water partition coefficient (Wildman–Crippen LogP) is 0.206. The molecule has 0 bridgehead atoms. The molecule has 4 rings (SSSR count). The fourth-order valence-corrected chi connectivity index (χ4v) is 4.45. The number of hydrogen-bond donors (Lipinski definition) is 2. The lowest BCUT2D eigenvalue weighted by Crippen LogP contribution is -2.62. The van der Waals surface area contributed by atoms with Crippen LogP contribution in [0, 0.1) is 12.8 Å². The van der Waals surface area contributed by atoms with Crippen molar-refractivity contribution in [3.05, 3.63) is 29.6 Å². The molecule has 3 aliphatic rings. The summed E-state index contributed by atoms with van der Waals surface area (Å²) in [7, 11) is 0. The first kappa shape index (κ1) is 19.8. The van der Waals surface area contributed by atoms with E-state index in [4.69, 9.17) is 0 Å². The van der Waals surface area contributed by atoms with E-state index in [1.54, 1.807) is 6.20 Å². The Bertz CT molecular complexity index is 809. The van der Waals surface area contributed by atoms with Crippen LogP contribution in [0.1, 0.15) is 37.4 Å². The number of nitrogens with zero attached hydrogens (tertiary/aromatic N) is 3. The molecular weight excluding hydrogens is 370 g/mol. The fourth-order valence-electron chi connectivity index (χ4n) is 4.45. The van der Waals surface area contributed by atoms with E-state index in [2.05, 4.69) is 20.5 Å². The van der Waals surface area contributed by atoms with Crippen molar-refractivity contribution in [2.45, 2.75) is 57.8 Å². The quantitative estimate of drug-likeness (QED) is 0.713. The number of piperazine rings is 1. The Morgan fingerprint density at radius 2 is 2.07 bits per heavy atom. The topological polar surface area (TPSA) is 94.6 Å². The first-order valence-corrected chi connectivity index (χ1v) is 10.4. The van der Waals surface area contributed by atoms with Crippen molar-refractivity contribution < 1.29 is 14.4 Å². The van der Waals surface area contributed by atoms with Crippen LogP contribution in [-0.2, 0) is 20.9 Å². The molecule has 29 heavy (non-hydrogen) atoms. The molecule has 3 amide bonds. The SMILES string of the molecule is CC(=O)N[C@H]1C[C@H]2CN(Cc3ncccc3C)[C@@H](CNC(=O)C3CC3)C(=O)N2C1. The average molecular weight is 399 g/mol. The van der Waals surface area contributed by atoms with Crippen molar-refractivity contribution in [3.8, 4) is 0 Å². The number of rotatable bonds is 6. The maximum Gasteiger partial charge on any atom is 0.242 e. The Labute approximate surface area is 171 Å². The molecule has 8 heteroatoms. The van der Waals surface area contributed by atoms with Gasteiger partial charge in [0.25, 0.3) is 0 Å². The van der Waals surface area contributed by atoms with Gasteiger partial charge in [0.2, 0.25) is 17.7 Å².